The van der Waals surface area contributed by atoms with E-state index >= 15 is 0 Å². The number of pyridine rings is 1. The molecule has 0 spiro atoms. The van der Waals surface area contributed by atoms with Crippen LogP contribution >= 0.6 is 0 Å². The van der Waals surface area contributed by atoms with Gasteiger partial charge in [0.25, 0.3) is 0 Å². The van der Waals surface area contributed by atoms with Gasteiger partial charge in [-0.15, -0.1) is 29.3 Å². The Hall–Kier alpha value is -2.35. The predicted octanol–water partition coefficient (Wildman–Crippen LogP) is 5.60. The van der Waals surface area contributed by atoms with Crippen molar-refractivity contribution in [2.24, 2.45) is 0 Å². The summed E-state index contributed by atoms with van der Waals surface area (Å²) in [5, 5.41) is 6.75. The van der Waals surface area contributed by atoms with E-state index in [1.165, 1.54) is 33.4 Å². The van der Waals surface area contributed by atoms with Gasteiger partial charge in [0.05, 0.1) is 0 Å². The van der Waals surface area contributed by atoms with Crippen molar-refractivity contribution in [3.63, 3.8) is 0 Å². The molecule has 26 heavy (non-hydrogen) atoms. The maximum Gasteiger partial charge on any atom is 3.00 e. The average molecular weight is 518 g/mol. The number of nitrogens with zero attached hydrogens (tertiary/aromatic N) is 2. The van der Waals surface area contributed by atoms with Crippen LogP contribution < -0.4 is 0 Å². The molecule has 132 valence electrons. The number of hydrogen-bond acceptors (Lipinski definition) is 1. The van der Waals surface area contributed by atoms with E-state index in [1.807, 2.05) is 12.3 Å². The monoisotopic (exact) mass is 518 g/mol. The van der Waals surface area contributed by atoms with Crippen LogP contribution in [-0.2, 0) is 26.5 Å². The molecule has 0 aliphatic heterocycles. The standard InChI is InChI=1S/C20H16N.C2H3.CH2N.Ir/c1-13-3-5-18-16(9-13)12-17-11-15(4-6-19(17)18)20-10-14(2)7-8-21-20;2*1-2;/h3,5-11H,12H2,1-2H3;1H,2H2;1H2;/q3*-1;+3. The maximum atomic E-state index is 6.75. The first-order valence-electron chi connectivity index (χ1n) is 8.01. The summed E-state index contributed by atoms with van der Waals surface area (Å²) in [4.78, 5) is 4.47. The van der Waals surface area contributed by atoms with Crippen LogP contribution in [0.4, 0.5) is 0 Å². The third-order valence-electron chi connectivity index (χ3n) is 4.16. The van der Waals surface area contributed by atoms with Crippen LogP contribution in [-0.4, -0.2) is 11.7 Å². The summed E-state index contributed by atoms with van der Waals surface area (Å²) in [6.07, 6.45) is 2.88. The fourth-order valence-corrected chi connectivity index (χ4v) is 3.10. The molecule has 1 aromatic heterocycles. The molecule has 0 saturated carbocycles. The third-order valence-corrected chi connectivity index (χ3v) is 4.16. The zero-order chi connectivity index (χ0) is 18.4. The van der Waals surface area contributed by atoms with Crippen LogP contribution in [0, 0.1) is 26.5 Å². The van der Waals surface area contributed by atoms with Gasteiger partial charge < -0.3 is 17.0 Å². The van der Waals surface area contributed by atoms with E-state index in [0.717, 1.165) is 17.7 Å². The SMILES string of the molecule is C=[N-].Cc1ccnc(-c2[c-]cc3c(c2)Cc2cc(C)ccc2-3)c1.[CH-]=C.[Ir+3]. The fourth-order valence-electron chi connectivity index (χ4n) is 3.10. The number of aryl methyl sites for hydroxylation is 2. The number of rotatable bonds is 1. The van der Waals surface area contributed by atoms with Crippen molar-refractivity contribution in [2.75, 3.05) is 0 Å². The quantitative estimate of drug-likeness (QED) is 0.239. The van der Waals surface area contributed by atoms with E-state index in [-0.39, 0.29) is 20.1 Å². The first kappa shape index (κ1) is 21.7. The van der Waals surface area contributed by atoms with Crippen molar-refractivity contribution >= 4 is 6.72 Å². The van der Waals surface area contributed by atoms with Crippen LogP contribution in [0.3, 0.4) is 0 Å². The average Bonchev–Trinajstić information content (AvgIpc) is 3.01. The molecular formula is C23H21IrN2. The second kappa shape index (κ2) is 9.96. The summed E-state index contributed by atoms with van der Waals surface area (Å²) < 4.78 is 0. The Labute approximate surface area is 169 Å². The van der Waals surface area contributed by atoms with Gasteiger partial charge in [0.15, 0.2) is 0 Å². The Kier molecular flexibility index (Phi) is 8.31. The number of benzene rings is 2. The Bertz CT molecular complexity index is 885. The summed E-state index contributed by atoms with van der Waals surface area (Å²) in [6.45, 7) is 13.5. The van der Waals surface area contributed by atoms with Gasteiger partial charge in [-0.05, 0) is 37.6 Å². The molecule has 0 fully saturated rings. The van der Waals surface area contributed by atoms with Crippen molar-refractivity contribution in [1.82, 2.24) is 4.98 Å². The molecule has 0 N–H and O–H groups in total. The Morgan fingerprint density at radius 2 is 1.62 bits per heavy atom. The number of hydrogen-bond donors (Lipinski definition) is 0. The first-order valence-corrected chi connectivity index (χ1v) is 8.01. The minimum absolute atomic E-state index is 0. The summed E-state index contributed by atoms with van der Waals surface area (Å²) in [5.74, 6) is 0. The normalized spacial score (nSPS) is 10.1. The molecule has 2 aromatic carbocycles. The van der Waals surface area contributed by atoms with Crippen molar-refractivity contribution < 1.29 is 20.1 Å². The van der Waals surface area contributed by atoms with Gasteiger partial charge in [-0.1, -0.05) is 46.5 Å². The second-order valence-electron chi connectivity index (χ2n) is 5.84. The van der Waals surface area contributed by atoms with E-state index in [9.17, 15) is 0 Å². The summed E-state index contributed by atoms with van der Waals surface area (Å²) in [5.41, 5.74) is 10.1. The molecular weight excluding hydrogens is 496 g/mol. The van der Waals surface area contributed by atoms with E-state index in [2.05, 4.69) is 81.2 Å². The minimum atomic E-state index is 0. The Morgan fingerprint density at radius 1 is 0.962 bits per heavy atom. The van der Waals surface area contributed by atoms with Gasteiger partial charge in [0, 0.05) is 6.20 Å². The second-order valence-corrected chi connectivity index (χ2v) is 5.84. The largest absolute Gasteiger partial charge is 3.00 e. The fraction of sp³-hybridized carbons (Fsp3) is 0.130. The van der Waals surface area contributed by atoms with E-state index < -0.39 is 0 Å². The van der Waals surface area contributed by atoms with Crippen LogP contribution in [0.1, 0.15) is 22.3 Å². The molecule has 0 unspecified atom stereocenters. The molecule has 3 aromatic rings. The van der Waals surface area contributed by atoms with Gasteiger partial charge in [0.1, 0.15) is 0 Å². The van der Waals surface area contributed by atoms with Gasteiger partial charge in [-0.25, -0.2) is 6.72 Å². The first-order chi connectivity index (χ1) is 12.2. The molecule has 2 nitrogen and oxygen atoms in total. The topological polar surface area (TPSA) is 35.2 Å². The van der Waals surface area contributed by atoms with Crippen molar-refractivity contribution in [3.8, 4) is 22.4 Å². The summed E-state index contributed by atoms with van der Waals surface area (Å²) >= 11 is 0. The zero-order valence-electron chi connectivity index (χ0n) is 15.0. The van der Waals surface area contributed by atoms with Crippen LogP contribution in [0.5, 0.6) is 0 Å². The van der Waals surface area contributed by atoms with E-state index in [4.69, 9.17) is 5.41 Å². The molecule has 0 amide bonds. The minimum Gasteiger partial charge on any atom is -0.817 e. The molecule has 0 bridgehead atoms. The number of aromatic nitrogens is 1. The molecule has 4 rings (SSSR count). The summed E-state index contributed by atoms with van der Waals surface area (Å²) in [7, 11) is 0. The van der Waals surface area contributed by atoms with Crippen molar-refractivity contribution in [1.29, 1.82) is 0 Å². The van der Waals surface area contributed by atoms with Crippen molar-refractivity contribution in [2.45, 2.75) is 20.3 Å². The molecule has 1 aliphatic rings. The Balaban J connectivity index is 0.000000635. The molecule has 1 heterocycles. The van der Waals surface area contributed by atoms with Gasteiger partial charge in [0.2, 0.25) is 0 Å². The molecule has 0 saturated heterocycles. The van der Waals surface area contributed by atoms with Crippen LogP contribution in [0.2, 0.25) is 0 Å². The van der Waals surface area contributed by atoms with Gasteiger partial charge in [-0.3, -0.25) is 6.58 Å². The molecule has 0 radical (unpaired) electrons. The maximum absolute atomic E-state index is 6.75. The van der Waals surface area contributed by atoms with E-state index in [1.54, 1.807) is 0 Å². The van der Waals surface area contributed by atoms with Crippen molar-refractivity contribution in [3.05, 3.63) is 95.5 Å². The van der Waals surface area contributed by atoms with Gasteiger partial charge in [-0.2, -0.15) is 0 Å². The number of fused-ring (bicyclic) bond motifs is 3. The van der Waals surface area contributed by atoms with Crippen LogP contribution in [0.15, 0.2) is 55.2 Å². The summed E-state index contributed by atoms with van der Waals surface area (Å²) in [6, 6.07) is 18.6. The third kappa shape index (κ3) is 4.43. The molecule has 3 heteroatoms. The predicted molar refractivity (Wildman–Crippen MR) is 107 cm³/mol. The smallest absolute Gasteiger partial charge is 0.817 e. The van der Waals surface area contributed by atoms with E-state index in [0.29, 0.717) is 0 Å². The molecule has 0 atom stereocenters. The zero-order valence-corrected chi connectivity index (χ0v) is 17.4. The Morgan fingerprint density at radius 3 is 2.31 bits per heavy atom. The van der Waals surface area contributed by atoms with Crippen LogP contribution in [0.25, 0.3) is 27.8 Å². The molecule has 1 aliphatic carbocycles. The van der Waals surface area contributed by atoms with Gasteiger partial charge >= 0.3 is 20.1 Å².